The van der Waals surface area contributed by atoms with E-state index in [4.69, 9.17) is 4.74 Å². The Kier molecular flexibility index (Phi) is 4.84. The fourth-order valence-corrected chi connectivity index (χ4v) is 6.07. The van der Waals surface area contributed by atoms with Gasteiger partial charge in [0.05, 0.1) is 6.04 Å². The van der Waals surface area contributed by atoms with Crippen LogP contribution in [0.2, 0.25) is 0 Å². The largest absolute Gasteiger partial charge is 0.489 e. The van der Waals surface area contributed by atoms with Gasteiger partial charge in [-0.1, -0.05) is 91.0 Å². The summed E-state index contributed by atoms with van der Waals surface area (Å²) in [6.45, 7) is 0.585. The second kappa shape index (κ2) is 8.32. The minimum Gasteiger partial charge on any atom is -0.489 e. The van der Waals surface area contributed by atoms with Gasteiger partial charge < -0.3 is 10.1 Å². The van der Waals surface area contributed by atoms with Crippen molar-refractivity contribution in [3.63, 3.8) is 0 Å². The van der Waals surface area contributed by atoms with Crippen LogP contribution in [-0.2, 0) is 6.61 Å². The highest BCUT2D eigenvalue weighted by molar-refractivity contribution is 6.03. The van der Waals surface area contributed by atoms with Gasteiger partial charge in [0, 0.05) is 11.6 Å². The van der Waals surface area contributed by atoms with Gasteiger partial charge in [0.25, 0.3) is 0 Å². The highest BCUT2D eigenvalue weighted by Crippen LogP contribution is 2.52. The molecule has 2 nitrogen and oxygen atoms in total. The van der Waals surface area contributed by atoms with Gasteiger partial charge in [-0.05, 0) is 74.8 Å². The van der Waals surface area contributed by atoms with Gasteiger partial charge in [0.2, 0.25) is 0 Å². The smallest absolute Gasteiger partial charge is 0.120 e. The second-order valence-electron chi connectivity index (χ2n) is 9.73. The van der Waals surface area contributed by atoms with Gasteiger partial charge in [-0.2, -0.15) is 0 Å². The SMILES string of the molecule is C1=CC2c3cc(OCc4ccccc4)ccc3NC(c3c4ccccc4cc4ccccc34)C2C1. The molecule has 0 radical (unpaired) electrons. The predicted octanol–water partition coefficient (Wildman–Crippen LogP) is 8.40. The van der Waals surface area contributed by atoms with Crippen molar-refractivity contribution < 1.29 is 4.74 Å². The Balaban J connectivity index is 1.30. The first-order valence-electron chi connectivity index (χ1n) is 12.5. The van der Waals surface area contributed by atoms with Crippen molar-refractivity contribution in [2.45, 2.75) is 25.0 Å². The van der Waals surface area contributed by atoms with Crippen LogP contribution in [-0.4, -0.2) is 0 Å². The molecule has 0 amide bonds. The number of hydrogen-bond donors (Lipinski definition) is 1. The number of ether oxygens (including phenoxy) is 1. The standard InChI is InChI=1S/C33H27NO/c1-2-9-22(10-3-1)21-35-25-17-18-31-30(20-25)28-15-8-16-29(28)33(34-31)32-26-13-6-4-11-23(26)19-24-12-5-7-14-27(24)32/h1-15,17-20,28-29,33-34H,16,21H2. The lowest BCUT2D eigenvalue weighted by atomic mass is 9.75. The average molecular weight is 454 g/mol. The van der Waals surface area contributed by atoms with E-state index in [0.717, 1.165) is 12.2 Å². The molecular formula is C33H27NO. The van der Waals surface area contributed by atoms with Gasteiger partial charge in [-0.3, -0.25) is 0 Å². The zero-order valence-electron chi connectivity index (χ0n) is 19.5. The van der Waals surface area contributed by atoms with E-state index >= 15 is 0 Å². The number of rotatable bonds is 4. The van der Waals surface area contributed by atoms with Crippen LogP contribution in [0, 0.1) is 5.92 Å². The Labute approximate surface area is 205 Å². The van der Waals surface area contributed by atoms with E-state index < -0.39 is 0 Å². The third-order valence-corrected chi connectivity index (χ3v) is 7.71. The molecule has 0 saturated carbocycles. The molecule has 0 spiro atoms. The Hall–Kier alpha value is -4.04. The van der Waals surface area contributed by atoms with Crippen LogP contribution in [0.25, 0.3) is 21.5 Å². The topological polar surface area (TPSA) is 21.3 Å². The molecule has 1 aliphatic heterocycles. The number of fused-ring (bicyclic) bond motifs is 5. The minimum absolute atomic E-state index is 0.245. The van der Waals surface area contributed by atoms with Gasteiger partial charge in [0.15, 0.2) is 0 Å². The molecule has 1 N–H and O–H groups in total. The molecule has 7 rings (SSSR count). The van der Waals surface area contributed by atoms with Crippen molar-refractivity contribution in [3.8, 4) is 5.75 Å². The zero-order valence-corrected chi connectivity index (χ0v) is 19.5. The molecular weight excluding hydrogens is 426 g/mol. The Bertz CT molecular complexity index is 1520. The summed E-state index contributed by atoms with van der Waals surface area (Å²) < 4.78 is 6.18. The first kappa shape index (κ1) is 20.3. The fourth-order valence-electron chi connectivity index (χ4n) is 6.07. The van der Waals surface area contributed by atoms with Gasteiger partial charge in [-0.15, -0.1) is 0 Å². The van der Waals surface area contributed by atoms with Crippen LogP contribution < -0.4 is 10.1 Å². The molecule has 1 heterocycles. The molecule has 5 aromatic rings. The Morgan fingerprint density at radius 2 is 1.46 bits per heavy atom. The van der Waals surface area contributed by atoms with Crippen LogP contribution in [0.3, 0.4) is 0 Å². The molecule has 0 bridgehead atoms. The highest BCUT2D eigenvalue weighted by atomic mass is 16.5. The van der Waals surface area contributed by atoms with Crippen LogP contribution in [0.4, 0.5) is 5.69 Å². The number of benzene rings is 5. The number of allylic oxidation sites excluding steroid dienone is 2. The summed E-state index contributed by atoms with van der Waals surface area (Å²) in [5.41, 5.74) is 5.17. The van der Waals surface area contributed by atoms with E-state index in [-0.39, 0.29) is 6.04 Å². The molecule has 2 heteroatoms. The number of hydrogen-bond acceptors (Lipinski definition) is 2. The Morgan fingerprint density at radius 3 is 2.23 bits per heavy atom. The lowest BCUT2D eigenvalue weighted by Crippen LogP contribution is -2.29. The second-order valence-corrected chi connectivity index (χ2v) is 9.73. The maximum absolute atomic E-state index is 6.18. The Morgan fingerprint density at radius 1 is 0.743 bits per heavy atom. The van der Waals surface area contributed by atoms with Crippen LogP contribution in [0.5, 0.6) is 5.75 Å². The molecule has 2 aliphatic rings. The van der Waals surface area contributed by atoms with Gasteiger partial charge >= 0.3 is 0 Å². The van der Waals surface area contributed by atoms with Crippen molar-refractivity contribution in [2.75, 3.05) is 5.32 Å². The van der Waals surface area contributed by atoms with Crippen molar-refractivity contribution in [2.24, 2.45) is 5.92 Å². The van der Waals surface area contributed by atoms with E-state index in [9.17, 15) is 0 Å². The van der Waals surface area contributed by atoms with Crippen LogP contribution >= 0.6 is 0 Å². The maximum atomic E-state index is 6.18. The van der Waals surface area contributed by atoms with E-state index in [1.165, 1.54) is 43.9 Å². The molecule has 5 aromatic carbocycles. The summed E-state index contributed by atoms with van der Waals surface area (Å²) >= 11 is 0. The third kappa shape index (κ3) is 3.49. The third-order valence-electron chi connectivity index (χ3n) is 7.71. The number of nitrogens with one attached hydrogen (secondary N) is 1. The van der Waals surface area contributed by atoms with Crippen LogP contribution in [0.1, 0.15) is 35.1 Å². The molecule has 3 atom stereocenters. The van der Waals surface area contributed by atoms with Crippen molar-refractivity contribution in [1.82, 2.24) is 0 Å². The lowest BCUT2D eigenvalue weighted by Gasteiger charge is -2.38. The van der Waals surface area contributed by atoms with Crippen molar-refractivity contribution in [3.05, 3.63) is 132 Å². The maximum Gasteiger partial charge on any atom is 0.120 e. The van der Waals surface area contributed by atoms with Crippen molar-refractivity contribution in [1.29, 1.82) is 0 Å². The molecule has 0 fully saturated rings. The molecule has 0 saturated heterocycles. The summed E-state index contributed by atoms with van der Waals surface area (Å²) in [7, 11) is 0. The molecule has 170 valence electrons. The first-order chi connectivity index (χ1) is 17.3. The average Bonchev–Trinajstić information content (AvgIpc) is 3.41. The monoisotopic (exact) mass is 453 g/mol. The quantitative estimate of drug-likeness (QED) is 0.218. The summed E-state index contributed by atoms with van der Waals surface area (Å²) in [6.07, 6.45) is 5.85. The fraction of sp³-hybridized carbons (Fsp3) is 0.152. The van der Waals surface area contributed by atoms with E-state index in [1.54, 1.807) is 0 Å². The van der Waals surface area contributed by atoms with Gasteiger partial charge in [-0.25, -0.2) is 0 Å². The summed E-state index contributed by atoms with van der Waals surface area (Å²) in [5.74, 6) is 1.79. The first-order valence-corrected chi connectivity index (χ1v) is 12.5. The van der Waals surface area contributed by atoms with E-state index in [0.29, 0.717) is 18.4 Å². The number of anilines is 1. The summed E-state index contributed by atoms with van der Waals surface area (Å²) in [6, 6.07) is 37.1. The molecule has 35 heavy (non-hydrogen) atoms. The van der Waals surface area contributed by atoms with Gasteiger partial charge in [0.1, 0.15) is 12.4 Å². The zero-order chi connectivity index (χ0) is 23.2. The summed E-state index contributed by atoms with van der Waals surface area (Å²) in [5, 5.41) is 9.28. The normalized spacial score (nSPS) is 20.4. The van der Waals surface area contributed by atoms with E-state index in [1.807, 2.05) is 6.07 Å². The lowest BCUT2D eigenvalue weighted by molar-refractivity contribution is 0.305. The molecule has 3 unspecified atom stereocenters. The molecule has 1 aliphatic carbocycles. The van der Waals surface area contributed by atoms with Crippen LogP contribution in [0.15, 0.2) is 115 Å². The minimum atomic E-state index is 0.245. The molecule has 0 aromatic heterocycles. The predicted molar refractivity (Wildman–Crippen MR) is 145 cm³/mol. The summed E-state index contributed by atoms with van der Waals surface area (Å²) in [4.78, 5) is 0. The van der Waals surface area contributed by atoms with Crippen molar-refractivity contribution >= 4 is 27.2 Å². The van der Waals surface area contributed by atoms with E-state index in [2.05, 4.69) is 115 Å². The highest BCUT2D eigenvalue weighted by Gasteiger charge is 2.39.